The highest BCUT2D eigenvalue weighted by molar-refractivity contribution is 5.86. The van der Waals surface area contributed by atoms with E-state index in [2.05, 4.69) is 15.6 Å². The molecule has 4 aromatic heterocycles. The molecule has 0 unspecified atom stereocenters. The second kappa shape index (κ2) is 9.82. The lowest BCUT2D eigenvalue weighted by Crippen LogP contribution is -2.19. The number of nitrogens with one attached hydrogen (secondary N) is 2. The van der Waals surface area contributed by atoms with Crippen molar-refractivity contribution in [2.24, 2.45) is 5.92 Å². The molecular formula is C25H29N5O4. The maximum absolute atomic E-state index is 9.57. The molecule has 34 heavy (non-hydrogen) atoms. The number of hydrogen-bond acceptors (Lipinski definition) is 9. The summed E-state index contributed by atoms with van der Waals surface area (Å²) in [7, 11) is 1.65. The highest BCUT2D eigenvalue weighted by Crippen LogP contribution is 2.36. The predicted octanol–water partition coefficient (Wildman–Crippen LogP) is 4.52. The Balaban J connectivity index is 1.49. The quantitative estimate of drug-likeness (QED) is 0.329. The van der Waals surface area contributed by atoms with Gasteiger partial charge in [0, 0.05) is 25.1 Å². The number of aromatic nitrogens is 3. The number of anilines is 2. The molecule has 0 bridgehead atoms. The Hall–Kier alpha value is -3.43. The Bertz CT molecular complexity index is 1250. The van der Waals surface area contributed by atoms with Crippen molar-refractivity contribution in [2.75, 3.05) is 24.4 Å². The van der Waals surface area contributed by atoms with Gasteiger partial charge in [-0.05, 0) is 56.4 Å². The topological polar surface area (TPSA) is 118 Å². The fourth-order valence-electron chi connectivity index (χ4n) is 4.54. The molecule has 4 aromatic rings. The molecule has 2 atom stereocenters. The molecule has 0 aliphatic heterocycles. The number of hydrogen-bond donors (Lipinski definition) is 3. The number of aryl methyl sites for hydroxylation is 1. The van der Waals surface area contributed by atoms with E-state index in [4.69, 9.17) is 23.5 Å². The predicted molar refractivity (Wildman–Crippen MR) is 128 cm³/mol. The van der Waals surface area contributed by atoms with Gasteiger partial charge in [-0.15, -0.1) is 0 Å². The third kappa shape index (κ3) is 4.76. The van der Waals surface area contributed by atoms with Crippen molar-refractivity contribution in [1.82, 2.24) is 15.0 Å². The van der Waals surface area contributed by atoms with Crippen LogP contribution in [-0.4, -0.2) is 39.8 Å². The zero-order valence-corrected chi connectivity index (χ0v) is 19.4. The van der Waals surface area contributed by atoms with Crippen molar-refractivity contribution in [3.05, 3.63) is 53.9 Å². The first-order valence-corrected chi connectivity index (χ1v) is 11.5. The van der Waals surface area contributed by atoms with Gasteiger partial charge in [0.15, 0.2) is 5.58 Å². The lowest BCUT2D eigenvalue weighted by Gasteiger charge is -2.18. The molecule has 3 N–H and O–H groups in total. The molecule has 1 aliphatic carbocycles. The van der Waals surface area contributed by atoms with Crippen molar-refractivity contribution < 1.29 is 18.7 Å². The number of ether oxygens (including phenoxy) is 1. The number of aliphatic hydroxyl groups is 1. The summed E-state index contributed by atoms with van der Waals surface area (Å²) in [5, 5.41) is 17.4. The van der Waals surface area contributed by atoms with Crippen molar-refractivity contribution in [2.45, 2.75) is 45.4 Å². The molecule has 1 aliphatic rings. The van der Waals surface area contributed by atoms with Gasteiger partial charge < -0.3 is 29.3 Å². The largest absolute Gasteiger partial charge is 0.467 e. The van der Waals surface area contributed by atoms with E-state index >= 15 is 0 Å². The van der Waals surface area contributed by atoms with Crippen LogP contribution in [-0.2, 0) is 17.9 Å². The second-order valence-corrected chi connectivity index (χ2v) is 8.75. The SMILES string of the molecule is COCc1cc2cc(-c3c(C)nc(NCc4ccco4)nc3N[C@H]3CC[C@@H](CO)C3)oc2cn1. The summed E-state index contributed by atoms with van der Waals surface area (Å²) in [6.07, 6.45) is 6.24. The van der Waals surface area contributed by atoms with Gasteiger partial charge in [-0.3, -0.25) is 4.98 Å². The lowest BCUT2D eigenvalue weighted by molar-refractivity contribution is 0.181. The summed E-state index contributed by atoms with van der Waals surface area (Å²) in [6.45, 7) is 3.09. The van der Waals surface area contributed by atoms with Crippen LogP contribution >= 0.6 is 0 Å². The normalized spacial score (nSPS) is 18.0. The first kappa shape index (κ1) is 22.4. The van der Waals surface area contributed by atoms with Crippen molar-refractivity contribution in [1.29, 1.82) is 0 Å². The molecule has 9 nitrogen and oxygen atoms in total. The minimum atomic E-state index is 0.212. The van der Waals surface area contributed by atoms with E-state index in [-0.39, 0.29) is 12.6 Å². The molecule has 9 heteroatoms. The highest BCUT2D eigenvalue weighted by Gasteiger charge is 2.27. The third-order valence-corrected chi connectivity index (χ3v) is 6.23. The fraction of sp³-hybridized carbons (Fsp3) is 0.400. The van der Waals surface area contributed by atoms with Gasteiger partial charge in [0.05, 0.1) is 42.6 Å². The number of nitrogens with zero attached hydrogens (tertiary/aromatic N) is 3. The average Bonchev–Trinajstić information content (AvgIpc) is 3.58. The van der Waals surface area contributed by atoms with Crippen LogP contribution in [0.5, 0.6) is 0 Å². The maximum Gasteiger partial charge on any atom is 0.225 e. The van der Waals surface area contributed by atoms with Crippen LogP contribution in [0.2, 0.25) is 0 Å². The van der Waals surface area contributed by atoms with Crippen molar-refractivity contribution >= 4 is 22.7 Å². The number of pyridine rings is 1. The van der Waals surface area contributed by atoms with Crippen LogP contribution in [0.3, 0.4) is 0 Å². The number of methoxy groups -OCH3 is 1. The number of rotatable bonds is 9. The monoisotopic (exact) mass is 463 g/mol. The van der Waals surface area contributed by atoms with Crippen molar-refractivity contribution in [3.63, 3.8) is 0 Å². The van der Waals surface area contributed by atoms with Gasteiger partial charge in [0.2, 0.25) is 5.95 Å². The van der Waals surface area contributed by atoms with E-state index in [1.165, 1.54) is 0 Å². The Morgan fingerprint density at radius 3 is 2.91 bits per heavy atom. The van der Waals surface area contributed by atoms with Crippen LogP contribution in [0.4, 0.5) is 11.8 Å². The van der Waals surface area contributed by atoms with E-state index in [0.29, 0.717) is 42.2 Å². The van der Waals surface area contributed by atoms with Crippen LogP contribution in [0.15, 0.2) is 45.6 Å². The zero-order valence-electron chi connectivity index (χ0n) is 19.4. The van der Waals surface area contributed by atoms with Gasteiger partial charge in [0.1, 0.15) is 17.3 Å². The first-order chi connectivity index (χ1) is 16.6. The molecule has 1 fully saturated rings. The minimum absolute atomic E-state index is 0.212. The summed E-state index contributed by atoms with van der Waals surface area (Å²) in [5.74, 6) is 3.02. The van der Waals surface area contributed by atoms with Crippen LogP contribution < -0.4 is 10.6 Å². The molecule has 0 spiro atoms. The van der Waals surface area contributed by atoms with Gasteiger partial charge in [-0.2, -0.15) is 4.98 Å². The van der Waals surface area contributed by atoms with E-state index < -0.39 is 0 Å². The molecule has 178 valence electrons. The third-order valence-electron chi connectivity index (χ3n) is 6.23. The first-order valence-electron chi connectivity index (χ1n) is 11.5. The molecule has 0 radical (unpaired) electrons. The Kier molecular flexibility index (Phi) is 6.46. The summed E-state index contributed by atoms with van der Waals surface area (Å²) in [6, 6.07) is 7.94. The van der Waals surface area contributed by atoms with Gasteiger partial charge in [-0.25, -0.2) is 4.98 Å². The molecule has 0 amide bonds. The summed E-state index contributed by atoms with van der Waals surface area (Å²) >= 11 is 0. The van der Waals surface area contributed by atoms with Crippen molar-refractivity contribution in [3.8, 4) is 11.3 Å². The Morgan fingerprint density at radius 1 is 1.24 bits per heavy atom. The minimum Gasteiger partial charge on any atom is -0.467 e. The van der Waals surface area contributed by atoms with E-state index in [0.717, 1.165) is 47.4 Å². The molecule has 4 heterocycles. The van der Waals surface area contributed by atoms with Crippen LogP contribution in [0, 0.1) is 12.8 Å². The zero-order chi connectivity index (χ0) is 23.5. The average molecular weight is 464 g/mol. The molecule has 0 saturated heterocycles. The van der Waals surface area contributed by atoms with E-state index in [9.17, 15) is 5.11 Å². The smallest absolute Gasteiger partial charge is 0.225 e. The number of aliphatic hydroxyl groups excluding tert-OH is 1. The molecular weight excluding hydrogens is 434 g/mol. The van der Waals surface area contributed by atoms with E-state index in [1.807, 2.05) is 31.2 Å². The molecule has 1 saturated carbocycles. The van der Waals surface area contributed by atoms with Gasteiger partial charge in [-0.1, -0.05) is 0 Å². The fourth-order valence-corrected chi connectivity index (χ4v) is 4.54. The van der Waals surface area contributed by atoms with E-state index in [1.54, 1.807) is 19.6 Å². The summed E-state index contributed by atoms with van der Waals surface area (Å²) in [5.41, 5.74) is 3.15. The molecule has 0 aromatic carbocycles. The highest BCUT2D eigenvalue weighted by atomic mass is 16.5. The number of fused-ring (bicyclic) bond motifs is 1. The Labute approximate surface area is 197 Å². The summed E-state index contributed by atoms with van der Waals surface area (Å²) in [4.78, 5) is 13.9. The van der Waals surface area contributed by atoms with Gasteiger partial charge in [0.25, 0.3) is 0 Å². The van der Waals surface area contributed by atoms with Crippen LogP contribution in [0.25, 0.3) is 22.3 Å². The molecule has 5 rings (SSSR count). The van der Waals surface area contributed by atoms with Crippen LogP contribution in [0.1, 0.15) is 36.4 Å². The second-order valence-electron chi connectivity index (χ2n) is 8.75. The van der Waals surface area contributed by atoms with Gasteiger partial charge >= 0.3 is 0 Å². The maximum atomic E-state index is 9.57. The lowest BCUT2D eigenvalue weighted by atomic mass is 10.1. The number of furan rings is 2. The summed E-state index contributed by atoms with van der Waals surface area (Å²) < 4.78 is 16.8. The Morgan fingerprint density at radius 2 is 2.15 bits per heavy atom. The standard InChI is InChI=1S/C25H29N5O4/c1-15-23(21-10-17-9-19(14-32-2)26-12-22(17)34-21)24(29-18-6-5-16(8-18)13-31)30-25(28-15)27-11-20-4-3-7-33-20/h3-4,7,9-10,12,16,18,31H,5-6,8,11,13-14H2,1-2H3,(H2,27,28,29,30)/t16-,18+/m1/s1.